The molecule has 0 fully saturated rings. The fraction of sp³-hybridized carbons (Fsp3) is 0.188. The van der Waals surface area contributed by atoms with Crippen LogP contribution < -0.4 is 5.32 Å². The van der Waals surface area contributed by atoms with E-state index in [2.05, 4.69) is 15.4 Å². The average molecular weight is 401 g/mol. The molecule has 136 valence electrons. The molecule has 5 nitrogen and oxygen atoms in total. The van der Waals surface area contributed by atoms with E-state index in [1.807, 2.05) is 0 Å². The number of rotatable bonds is 4. The minimum Gasteiger partial charge on any atom is -0.298 e. The molecule has 0 saturated carbocycles. The highest BCUT2D eigenvalue weighted by Crippen LogP contribution is 2.35. The molecule has 2 heterocycles. The lowest BCUT2D eigenvalue weighted by Crippen LogP contribution is -2.11. The van der Waals surface area contributed by atoms with E-state index in [0.717, 1.165) is 17.4 Å². The molecular formula is C16H12ClF3N4OS. The molecule has 0 spiro atoms. The lowest BCUT2D eigenvalue weighted by atomic mass is 10.2. The molecule has 0 aliphatic heterocycles. The van der Waals surface area contributed by atoms with Gasteiger partial charge < -0.3 is 0 Å². The van der Waals surface area contributed by atoms with Crippen molar-refractivity contribution in [3.63, 3.8) is 0 Å². The first-order valence-corrected chi connectivity index (χ1v) is 8.66. The normalized spacial score (nSPS) is 11.6. The Morgan fingerprint density at radius 3 is 2.73 bits per heavy atom. The summed E-state index contributed by atoms with van der Waals surface area (Å²) in [5.41, 5.74) is -0.399. The molecule has 0 unspecified atom stereocenters. The van der Waals surface area contributed by atoms with Crippen molar-refractivity contribution in [3.05, 3.63) is 52.8 Å². The maximum absolute atomic E-state index is 12.9. The number of anilines is 1. The number of hydrogen-bond acceptors (Lipinski definition) is 4. The lowest BCUT2D eigenvalue weighted by Gasteiger charge is -2.03. The molecule has 0 aliphatic carbocycles. The van der Waals surface area contributed by atoms with Crippen LogP contribution in [0.4, 0.5) is 18.3 Å². The molecule has 26 heavy (non-hydrogen) atoms. The van der Waals surface area contributed by atoms with Gasteiger partial charge in [-0.25, -0.2) is 4.98 Å². The minimum absolute atomic E-state index is 0.252. The topological polar surface area (TPSA) is 59.8 Å². The molecule has 2 aromatic heterocycles. The van der Waals surface area contributed by atoms with E-state index in [0.29, 0.717) is 9.90 Å². The van der Waals surface area contributed by atoms with Crippen molar-refractivity contribution in [1.82, 2.24) is 14.8 Å². The van der Waals surface area contributed by atoms with Gasteiger partial charge in [0.1, 0.15) is 0 Å². The molecule has 0 radical (unpaired) electrons. The first-order valence-electron chi connectivity index (χ1n) is 7.46. The summed E-state index contributed by atoms with van der Waals surface area (Å²) in [5.74, 6) is -0.448. The van der Waals surface area contributed by atoms with Crippen LogP contribution in [0.1, 0.15) is 23.0 Å². The van der Waals surface area contributed by atoms with E-state index in [1.54, 1.807) is 31.2 Å². The monoisotopic (exact) mass is 400 g/mol. The fourth-order valence-electron chi connectivity index (χ4n) is 2.25. The number of amides is 1. The van der Waals surface area contributed by atoms with E-state index in [1.165, 1.54) is 10.9 Å². The number of aromatic nitrogens is 3. The summed E-state index contributed by atoms with van der Waals surface area (Å²) in [6, 6.07) is 7.49. The van der Waals surface area contributed by atoms with Crippen molar-refractivity contribution in [1.29, 1.82) is 0 Å². The number of benzene rings is 1. The molecule has 3 aromatic rings. The number of hydrogen-bond donors (Lipinski definition) is 1. The second-order valence-corrected chi connectivity index (χ2v) is 6.63. The average Bonchev–Trinajstić information content (AvgIpc) is 3.20. The number of halogens is 4. The van der Waals surface area contributed by atoms with Crippen molar-refractivity contribution in [2.24, 2.45) is 0 Å². The molecular weight excluding hydrogens is 389 g/mol. The molecule has 3 rings (SSSR count). The van der Waals surface area contributed by atoms with Gasteiger partial charge in [-0.3, -0.25) is 14.8 Å². The molecule has 1 aromatic carbocycles. The van der Waals surface area contributed by atoms with Crippen molar-refractivity contribution in [3.8, 4) is 10.6 Å². The van der Waals surface area contributed by atoms with Crippen LogP contribution in [0.3, 0.4) is 0 Å². The number of carbonyl (C=O) groups excluding carboxylic acids is 1. The SMILES string of the molecule is CCn1nc(C(F)(F)F)cc1-c1cnc(NC(=O)c2ccccc2Cl)s1. The van der Waals surface area contributed by atoms with Gasteiger partial charge in [0.05, 0.1) is 21.2 Å². The number of nitrogens with zero attached hydrogens (tertiary/aromatic N) is 3. The van der Waals surface area contributed by atoms with Crippen LogP contribution in [0.15, 0.2) is 36.5 Å². The highest BCUT2D eigenvalue weighted by atomic mass is 35.5. The van der Waals surface area contributed by atoms with E-state index < -0.39 is 17.8 Å². The molecule has 10 heteroatoms. The van der Waals surface area contributed by atoms with Crippen LogP contribution in [-0.4, -0.2) is 20.7 Å². The predicted octanol–water partition coefficient (Wildman–Crippen LogP) is 4.95. The van der Waals surface area contributed by atoms with Crippen LogP contribution in [-0.2, 0) is 12.7 Å². The first-order chi connectivity index (χ1) is 12.3. The van der Waals surface area contributed by atoms with Gasteiger partial charge in [-0.2, -0.15) is 18.3 Å². The van der Waals surface area contributed by atoms with Crippen LogP contribution >= 0.6 is 22.9 Å². The quantitative estimate of drug-likeness (QED) is 0.674. The zero-order chi connectivity index (χ0) is 18.9. The van der Waals surface area contributed by atoms with E-state index in [9.17, 15) is 18.0 Å². The van der Waals surface area contributed by atoms with Gasteiger partial charge in [0.15, 0.2) is 10.8 Å². The van der Waals surface area contributed by atoms with Gasteiger partial charge in [-0.05, 0) is 25.1 Å². The zero-order valence-electron chi connectivity index (χ0n) is 13.3. The Hall–Kier alpha value is -2.39. The number of nitrogens with one attached hydrogen (secondary N) is 1. The second kappa shape index (κ2) is 7.08. The summed E-state index contributed by atoms with van der Waals surface area (Å²) in [4.78, 5) is 16.8. The van der Waals surface area contributed by atoms with Gasteiger partial charge in [-0.15, -0.1) is 0 Å². The first kappa shape index (κ1) is 18.4. The van der Waals surface area contributed by atoms with E-state index in [-0.39, 0.29) is 22.9 Å². The molecule has 1 N–H and O–H groups in total. The van der Waals surface area contributed by atoms with E-state index >= 15 is 0 Å². The highest BCUT2D eigenvalue weighted by Gasteiger charge is 2.35. The minimum atomic E-state index is -4.53. The van der Waals surface area contributed by atoms with Gasteiger partial charge in [0.25, 0.3) is 5.91 Å². The van der Waals surface area contributed by atoms with Crippen molar-refractivity contribution >= 4 is 34.0 Å². The Balaban J connectivity index is 1.86. The third-order valence-electron chi connectivity index (χ3n) is 3.47. The summed E-state index contributed by atoms with van der Waals surface area (Å²) >= 11 is 7.03. The predicted molar refractivity (Wildman–Crippen MR) is 93.4 cm³/mol. The third-order valence-corrected chi connectivity index (χ3v) is 4.73. The molecule has 0 atom stereocenters. The summed E-state index contributed by atoms with van der Waals surface area (Å²) in [7, 11) is 0. The number of thiazole rings is 1. The lowest BCUT2D eigenvalue weighted by molar-refractivity contribution is -0.141. The van der Waals surface area contributed by atoms with Gasteiger partial charge >= 0.3 is 6.18 Å². The van der Waals surface area contributed by atoms with Gasteiger partial charge in [0, 0.05) is 12.7 Å². The second-order valence-electron chi connectivity index (χ2n) is 5.19. The molecule has 0 bridgehead atoms. The fourth-order valence-corrected chi connectivity index (χ4v) is 3.31. The Morgan fingerprint density at radius 1 is 1.35 bits per heavy atom. The van der Waals surface area contributed by atoms with Crippen molar-refractivity contribution in [2.45, 2.75) is 19.6 Å². The largest absolute Gasteiger partial charge is 0.435 e. The molecule has 0 saturated heterocycles. The summed E-state index contributed by atoms with van der Waals surface area (Å²) in [6.07, 6.45) is -3.13. The van der Waals surface area contributed by atoms with Crippen molar-refractivity contribution in [2.75, 3.05) is 5.32 Å². The van der Waals surface area contributed by atoms with Crippen LogP contribution in [0.2, 0.25) is 5.02 Å². The maximum Gasteiger partial charge on any atom is 0.435 e. The Bertz CT molecular complexity index is 951. The van der Waals surface area contributed by atoms with Gasteiger partial charge in [0.2, 0.25) is 0 Å². The number of carbonyl (C=O) groups is 1. The zero-order valence-corrected chi connectivity index (χ0v) is 14.9. The molecule has 0 aliphatic rings. The summed E-state index contributed by atoms with van der Waals surface area (Å²) < 4.78 is 39.9. The Morgan fingerprint density at radius 2 is 2.08 bits per heavy atom. The van der Waals surface area contributed by atoms with E-state index in [4.69, 9.17) is 11.6 Å². The Kier molecular flexibility index (Phi) is 5.01. The van der Waals surface area contributed by atoms with Crippen molar-refractivity contribution < 1.29 is 18.0 Å². The van der Waals surface area contributed by atoms with Gasteiger partial charge in [-0.1, -0.05) is 35.1 Å². The summed E-state index contributed by atoms with van der Waals surface area (Å²) in [6.45, 7) is 1.96. The number of alkyl halides is 3. The Labute approximate surface area is 155 Å². The highest BCUT2D eigenvalue weighted by molar-refractivity contribution is 7.19. The standard InChI is InChI=1S/C16H12ClF3N4OS/c1-2-24-11(7-13(23-24)16(18,19)20)12-8-21-15(26-12)22-14(25)9-5-3-4-6-10(9)17/h3-8H,2H2,1H3,(H,21,22,25). The summed E-state index contributed by atoms with van der Waals surface area (Å²) in [5, 5.41) is 6.71. The number of aryl methyl sites for hydroxylation is 1. The third kappa shape index (κ3) is 3.73. The smallest absolute Gasteiger partial charge is 0.298 e. The van der Waals surface area contributed by atoms with Crippen LogP contribution in [0.25, 0.3) is 10.6 Å². The maximum atomic E-state index is 12.9. The van der Waals surface area contributed by atoms with Crippen LogP contribution in [0, 0.1) is 0 Å². The van der Waals surface area contributed by atoms with Crippen LogP contribution in [0.5, 0.6) is 0 Å². The molecule has 1 amide bonds.